The van der Waals surface area contributed by atoms with Crippen LogP contribution in [0.4, 0.5) is 0 Å². The average Bonchev–Trinajstić information content (AvgIpc) is 2.37. The van der Waals surface area contributed by atoms with E-state index in [-0.39, 0.29) is 6.61 Å². The molecule has 0 aliphatic rings. The molecule has 0 amide bonds. The van der Waals surface area contributed by atoms with Crippen molar-refractivity contribution < 1.29 is 14.9 Å². The summed E-state index contributed by atoms with van der Waals surface area (Å²) in [6.45, 7) is 3.47. The number of nitrogens with one attached hydrogen (secondary N) is 1. The molecule has 0 heterocycles. The van der Waals surface area contributed by atoms with Gasteiger partial charge in [0.1, 0.15) is 5.75 Å². The molecular formula is C13H20BrNO3. The van der Waals surface area contributed by atoms with Crippen molar-refractivity contribution in [3.63, 3.8) is 0 Å². The Balaban J connectivity index is 2.58. The molecule has 3 N–H and O–H groups in total. The first kappa shape index (κ1) is 15.4. The molecular weight excluding hydrogens is 298 g/mol. The highest BCUT2D eigenvalue weighted by Gasteiger charge is 2.06. The third-order valence-electron chi connectivity index (χ3n) is 2.39. The summed E-state index contributed by atoms with van der Waals surface area (Å²) in [6, 6.07) is 5.86. The Morgan fingerprint density at radius 1 is 1.44 bits per heavy atom. The van der Waals surface area contributed by atoms with E-state index in [4.69, 9.17) is 9.84 Å². The Morgan fingerprint density at radius 2 is 2.22 bits per heavy atom. The summed E-state index contributed by atoms with van der Waals surface area (Å²) >= 11 is 3.43. The Labute approximate surface area is 116 Å². The average molecular weight is 318 g/mol. The quantitative estimate of drug-likeness (QED) is 0.682. The van der Waals surface area contributed by atoms with Gasteiger partial charge < -0.3 is 20.3 Å². The van der Waals surface area contributed by atoms with Gasteiger partial charge in [-0.15, -0.1) is 0 Å². The number of halogens is 1. The van der Waals surface area contributed by atoms with E-state index in [0.717, 1.165) is 22.2 Å². The molecule has 0 fully saturated rings. The van der Waals surface area contributed by atoms with Gasteiger partial charge in [0, 0.05) is 23.1 Å². The molecule has 0 saturated carbocycles. The third-order valence-corrected chi connectivity index (χ3v) is 2.88. The van der Waals surface area contributed by atoms with Crippen LogP contribution in [0, 0.1) is 0 Å². The van der Waals surface area contributed by atoms with E-state index in [1.165, 1.54) is 0 Å². The van der Waals surface area contributed by atoms with Crippen LogP contribution < -0.4 is 10.1 Å². The Morgan fingerprint density at radius 3 is 2.89 bits per heavy atom. The molecule has 4 nitrogen and oxygen atoms in total. The molecule has 0 radical (unpaired) electrons. The van der Waals surface area contributed by atoms with Gasteiger partial charge in [0.2, 0.25) is 0 Å². The summed E-state index contributed by atoms with van der Waals surface area (Å²) in [7, 11) is 0. The van der Waals surface area contributed by atoms with Crippen LogP contribution in [-0.2, 0) is 6.54 Å². The molecule has 0 bridgehead atoms. The van der Waals surface area contributed by atoms with Gasteiger partial charge in [-0.25, -0.2) is 0 Å². The number of rotatable bonds is 8. The van der Waals surface area contributed by atoms with Gasteiger partial charge in [-0.1, -0.05) is 22.9 Å². The highest BCUT2D eigenvalue weighted by atomic mass is 79.9. The van der Waals surface area contributed by atoms with E-state index in [2.05, 4.69) is 28.2 Å². The van der Waals surface area contributed by atoms with E-state index in [0.29, 0.717) is 19.7 Å². The fourth-order valence-corrected chi connectivity index (χ4v) is 1.89. The monoisotopic (exact) mass is 317 g/mol. The predicted molar refractivity (Wildman–Crippen MR) is 74.7 cm³/mol. The molecule has 1 atom stereocenters. The summed E-state index contributed by atoms with van der Waals surface area (Å²) in [6.07, 6.45) is 0.240. The summed E-state index contributed by atoms with van der Waals surface area (Å²) in [5, 5.41) is 21.1. The third kappa shape index (κ3) is 5.35. The van der Waals surface area contributed by atoms with E-state index >= 15 is 0 Å². The number of benzene rings is 1. The minimum atomic E-state index is -0.725. The Hall–Kier alpha value is -0.620. The Kier molecular flexibility index (Phi) is 7.27. The van der Waals surface area contributed by atoms with Gasteiger partial charge in [0.05, 0.1) is 19.3 Å². The van der Waals surface area contributed by atoms with Crippen LogP contribution in [0.5, 0.6) is 5.75 Å². The van der Waals surface area contributed by atoms with Crippen molar-refractivity contribution in [1.82, 2.24) is 5.32 Å². The van der Waals surface area contributed by atoms with Crippen LogP contribution in [0.2, 0.25) is 0 Å². The van der Waals surface area contributed by atoms with E-state index < -0.39 is 6.10 Å². The molecule has 5 heteroatoms. The SMILES string of the molecule is CCCOc1ccc(Br)cc1CNCC(O)CO. The lowest BCUT2D eigenvalue weighted by molar-refractivity contribution is 0.0941. The molecule has 0 aliphatic heterocycles. The fraction of sp³-hybridized carbons (Fsp3) is 0.538. The lowest BCUT2D eigenvalue weighted by Gasteiger charge is -2.13. The van der Waals surface area contributed by atoms with Crippen molar-refractivity contribution in [3.05, 3.63) is 28.2 Å². The second-order valence-electron chi connectivity index (χ2n) is 4.07. The zero-order valence-electron chi connectivity index (χ0n) is 10.5. The molecule has 102 valence electrons. The molecule has 0 aliphatic carbocycles. The molecule has 1 aromatic rings. The molecule has 1 unspecified atom stereocenters. The molecule has 18 heavy (non-hydrogen) atoms. The fourth-order valence-electron chi connectivity index (χ4n) is 1.48. The predicted octanol–water partition coefficient (Wildman–Crippen LogP) is 1.68. The van der Waals surface area contributed by atoms with Gasteiger partial charge in [-0.3, -0.25) is 0 Å². The van der Waals surface area contributed by atoms with Gasteiger partial charge in [0.15, 0.2) is 0 Å². The second-order valence-corrected chi connectivity index (χ2v) is 4.98. The molecule has 1 aromatic carbocycles. The maximum absolute atomic E-state index is 9.25. The van der Waals surface area contributed by atoms with Gasteiger partial charge in [-0.2, -0.15) is 0 Å². The molecule has 0 aromatic heterocycles. The van der Waals surface area contributed by atoms with Crippen molar-refractivity contribution in [2.75, 3.05) is 19.8 Å². The van der Waals surface area contributed by atoms with E-state index in [1.54, 1.807) is 0 Å². The first-order chi connectivity index (χ1) is 8.67. The summed E-state index contributed by atoms with van der Waals surface area (Å²) in [5.41, 5.74) is 1.03. The van der Waals surface area contributed by atoms with Crippen LogP contribution in [0.1, 0.15) is 18.9 Å². The zero-order chi connectivity index (χ0) is 13.4. The highest BCUT2D eigenvalue weighted by molar-refractivity contribution is 9.10. The van der Waals surface area contributed by atoms with Crippen molar-refractivity contribution in [2.45, 2.75) is 26.0 Å². The Bertz CT molecular complexity index is 360. The molecule has 0 spiro atoms. The largest absolute Gasteiger partial charge is 0.493 e. The first-order valence-electron chi connectivity index (χ1n) is 6.08. The smallest absolute Gasteiger partial charge is 0.123 e. The van der Waals surface area contributed by atoms with Crippen LogP contribution in [-0.4, -0.2) is 36.1 Å². The lowest BCUT2D eigenvalue weighted by Crippen LogP contribution is -2.29. The van der Waals surface area contributed by atoms with Gasteiger partial charge >= 0.3 is 0 Å². The van der Waals surface area contributed by atoms with Crippen LogP contribution in [0.25, 0.3) is 0 Å². The van der Waals surface area contributed by atoms with Crippen molar-refractivity contribution >= 4 is 15.9 Å². The minimum absolute atomic E-state index is 0.231. The van der Waals surface area contributed by atoms with Crippen molar-refractivity contribution in [3.8, 4) is 5.75 Å². The summed E-state index contributed by atoms with van der Waals surface area (Å²) in [5.74, 6) is 0.853. The number of aliphatic hydroxyl groups excluding tert-OH is 2. The number of hydrogen-bond acceptors (Lipinski definition) is 4. The standard InChI is InChI=1S/C13H20BrNO3/c1-2-5-18-13-4-3-11(14)6-10(13)7-15-8-12(17)9-16/h3-4,6,12,15-17H,2,5,7-9H2,1H3. The van der Waals surface area contributed by atoms with Crippen LogP contribution in [0.15, 0.2) is 22.7 Å². The normalized spacial score (nSPS) is 12.4. The maximum atomic E-state index is 9.25. The summed E-state index contributed by atoms with van der Waals surface area (Å²) < 4.78 is 6.64. The van der Waals surface area contributed by atoms with E-state index in [1.807, 2.05) is 18.2 Å². The second kappa shape index (κ2) is 8.48. The van der Waals surface area contributed by atoms with Crippen molar-refractivity contribution in [2.24, 2.45) is 0 Å². The molecule has 0 saturated heterocycles. The van der Waals surface area contributed by atoms with Crippen LogP contribution in [0.3, 0.4) is 0 Å². The first-order valence-corrected chi connectivity index (χ1v) is 6.87. The maximum Gasteiger partial charge on any atom is 0.123 e. The minimum Gasteiger partial charge on any atom is -0.493 e. The number of hydrogen-bond donors (Lipinski definition) is 3. The van der Waals surface area contributed by atoms with E-state index in [9.17, 15) is 5.11 Å². The van der Waals surface area contributed by atoms with Crippen LogP contribution >= 0.6 is 15.9 Å². The topological polar surface area (TPSA) is 61.7 Å². The lowest BCUT2D eigenvalue weighted by atomic mass is 10.2. The van der Waals surface area contributed by atoms with Crippen molar-refractivity contribution in [1.29, 1.82) is 0 Å². The number of aliphatic hydroxyl groups is 2. The van der Waals surface area contributed by atoms with Gasteiger partial charge in [0.25, 0.3) is 0 Å². The molecule has 1 rings (SSSR count). The van der Waals surface area contributed by atoms with Gasteiger partial charge in [-0.05, 0) is 24.6 Å². The number of ether oxygens (including phenoxy) is 1. The zero-order valence-corrected chi connectivity index (χ0v) is 12.1. The highest BCUT2D eigenvalue weighted by Crippen LogP contribution is 2.23. The summed E-state index contributed by atoms with van der Waals surface area (Å²) in [4.78, 5) is 0.